The van der Waals surface area contributed by atoms with Crippen molar-refractivity contribution in [3.63, 3.8) is 0 Å². The van der Waals surface area contributed by atoms with E-state index in [9.17, 15) is 19.8 Å². The number of amides is 1. The summed E-state index contributed by atoms with van der Waals surface area (Å²) in [5.74, 6) is -0.0704. The first-order chi connectivity index (χ1) is 38.5. The summed E-state index contributed by atoms with van der Waals surface area (Å²) >= 11 is 0. The first-order valence-corrected chi connectivity index (χ1v) is 34.6. The van der Waals surface area contributed by atoms with Gasteiger partial charge in [0.15, 0.2) is 0 Å². The Morgan fingerprint density at radius 1 is 0.359 bits per heavy atom. The van der Waals surface area contributed by atoms with Gasteiger partial charge in [0.1, 0.15) is 0 Å². The van der Waals surface area contributed by atoms with E-state index in [1.165, 1.54) is 276 Å². The summed E-state index contributed by atoms with van der Waals surface area (Å²) < 4.78 is 5.47. The molecule has 0 saturated heterocycles. The minimum atomic E-state index is -0.847. The molecule has 78 heavy (non-hydrogen) atoms. The molecule has 0 radical (unpaired) electrons. The van der Waals surface area contributed by atoms with Gasteiger partial charge in [0, 0.05) is 12.8 Å². The highest BCUT2D eigenvalue weighted by atomic mass is 16.5. The van der Waals surface area contributed by atoms with Crippen LogP contribution >= 0.6 is 0 Å². The third-order valence-corrected chi connectivity index (χ3v) is 15.8. The maximum atomic E-state index is 12.5. The molecule has 0 aliphatic rings. The molecule has 0 spiro atoms. The van der Waals surface area contributed by atoms with Crippen LogP contribution in [0.4, 0.5) is 0 Å². The largest absolute Gasteiger partial charge is 0.466 e. The number of ether oxygens (including phenoxy) is 1. The summed E-state index contributed by atoms with van der Waals surface area (Å²) in [7, 11) is 0. The Kier molecular flexibility index (Phi) is 65.0. The number of aliphatic hydroxyl groups is 2. The summed E-state index contributed by atoms with van der Waals surface area (Å²) in [4.78, 5) is 24.5. The molecule has 456 valence electrons. The lowest BCUT2D eigenvalue weighted by Gasteiger charge is -2.20. The van der Waals surface area contributed by atoms with Gasteiger partial charge in [-0.3, -0.25) is 9.59 Å². The number of unbranched alkanes of at least 4 members (excludes halogenated alkanes) is 45. The number of rotatable bonds is 64. The van der Waals surface area contributed by atoms with Gasteiger partial charge in [0.25, 0.3) is 0 Å². The summed E-state index contributed by atoms with van der Waals surface area (Å²) in [5.41, 5.74) is 0. The number of hydrogen-bond acceptors (Lipinski definition) is 5. The molecule has 0 aromatic carbocycles. The summed E-state index contributed by atoms with van der Waals surface area (Å²) in [5, 5.41) is 23.2. The quantitative estimate of drug-likeness (QED) is 0.0320. The second-order valence-corrected chi connectivity index (χ2v) is 23.5. The van der Waals surface area contributed by atoms with Crippen molar-refractivity contribution in [1.29, 1.82) is 0 Å². The van der Waals surface area contributed by atoms with Gasteiger partial charge in [0.2, 0.25) is 5.91 Å². The first-order valence-electron chi connectivity index (χ1n) is 34.6. The van der Waals surface area contributed by atoms with Gasteiger partial charge in [-0.1, -0.05) is 319 Å². The van der Waals surface area contributed by atoms with E-state index in [2.05, 4.69) is 67.8 Å². The van der Waals surface area contributed by atoms with Crippen molar-refractivity contribution >= 4 is 11.9 Å². The molecular weight excluding hydrogens is 959 g/mol. The summed E-state index contributed by atoms with van der Waals surface area (Å²) in [6, 6.07) is -0.630. The molecule has 0 heterocycles. The standard InChI is InChI=1S/C72H133NO5/c1-3-5-7-9-11-13-15-17-19-20-34-37-40-44-48-52-56-60-64-70(75)69(68-74)73-71(76)65-61-57-53-49-45-41-38-35-32-30-28-26-24-22-21-23-25-27-29-31-33-36-39-43-47-51-55-59-63-67-78-72(77)66-62-58-54-50-46-42-18-16-14-12-10-8-6-4-2/h10,12,16,18,21,23,27,29,60,64,69-70,74-75H,3-9,11,13-15,17,19-20,22,24-26,28,30-59,61-63,65-68H2,1-2H3,(H,73,76)/b12-10-,18-16-,23-21-,29-27-,64-60+. The molecular formula is C72H133NO5. The lowest BCUT2D eigenvalue weighted by Crippen LogP contribution is -2.45. The summed E-state index contributed by atoms with van der Waals surface area (Å²) in [6.45, 7) is 4.87. The van der Waals surface area contributed by atoms with Crippen LogP contribution in [0.15, 0.2) is 60.8 Å². The number of aliphatic hydroxyl groups excluding tert-OH is 2. The van der Waals surface area contributed by atoms with Crippen molar-refractivity contribution in [2.24, 2.45) is 0 Å². The Balaban J connectivity index is 3.44. The number of esters is 1. The van der Waals surface area contributed by atoms with Crippen LogP contribution in [-0.4, -0.2) is 47.4 Å². The Morgan fingerprint density at radius 3 is 1.01 bits per heavy atom. The number of carbonyl (C=O) groups excluding carboxylic acids is 2. The van der Waals surface area contributed by atoms with Crippen molar-refractivity contribution in [3.8, 4) is 0 Å². The van der Waals surface area contributed by atoms with Crippen molar-refractivity contribution in [1.82, 2.24) is 5.32 Å². The molecule has 6 nitrogen and oxygen atoms in total. The average Bonchev–Trinajstić information content (AvgIpc) is 3.44. The normalized spacial score (nSPS) is 12.9. The third-order valence-electron chi connectivity index (χ3n) is 15.8. The van der Waals surface area contributed by atoms with E-state index in [-0.39, 0.29) is 18.5 Å². The second-order valence-electron chi connectivity index (χ2n) is 23.5. The topological polar surface area (TPSA) is 95.9 Å². The van der Waals surface area contributed by atoms with E-state index in [0.29, 0.717) is 19.4 Å². The van der Waals surface area contributed by atoms with Gasteiger partial charge in [-0.05, 0) is 89.9 Å². The van der Waals surface area contributed by atoms with Crippen LogP contribution < -0.4 is 5.32 Å². The lowest BCUT2D eigenvalue weighted by atomic mass is 10.0. The van der Waals surface area contributed by atoms with Crippen LogP contribution in [0.2, 0.25) is 0 Å². The highest BCUT2D eigenvalue weighted by molar-refractivity contribution is 5.76. The van der Waals surface area contributed by atoms with Gasteiger partial charge in [0.05, 0.1) is 25.4 Å². The van der Waals surface area contributed by atoms with Crippen LogP contribution in [0.5, 0.6) is 0 Å². The van der Waals surface area contributed by atoms with E-state index in [0.717, 1.165) is 57.8 Å². The molecule has 0 fully saturated rings. The predicted molar refractivity (Wildman–Crippen MR) is 342 cm³/mol. The van der Waals surface area contributed by atoms with Gasteiger partial charge < -0.3 is 20.3 Å². The van der Waals surface area contributed by atoms with Crippen molar-refractivity contribution in [3.05, 3.63) is 60.8 Å². The minimum absolute atomic E-state index is 0.00326. The zero-order valence-electron chi connectivity index (χ0n) is 52.1. The number of nitrogens with one attached hydrogen (secondary N) is 1. The van der Waals surface area contributed by atoms with E-state index < -0.39 is 12.1 Å². The zero-order valence-corrected chi connectivity index (χ0v) is 52.1. The van der Waals surface area contributed by atoms with Crippen LogP contribution in [0.1, 0.15) is 361 Å². The van der Waals surface area contributed by atoms with Gasteiger partial charge in [-0.25, -0.2) is 0 Å². The molecule has 3 N–H and O–H groups in total. The zero-order chi connectivity index (χ0) is 56.4. The predicted octanol–water partition coefficient (Wildman–Crippen LogP) is 22.3. The van der Waals surface area contributed by atoms with E-state index >= 15 is 0 Å². The van der Waals surface area contributed by atoms with Crippen molar-refractivity contribution in [2.75, 3.05) is 13.2 Å². The van der Waals surface area contributed by atoms with E-state index in [4.69, 9.17) is 4.74 Å². The fourth-order valence-corrected chi connectivity index (χ4v) is 10.4. The highest BCUT2D eigenvalue weighted by Gasteiger charge is 2.18. The SMILES string of the molecule is CCCC/C=C\C/C=C\CCCCCCCC(=O)OCCCCCCCCCCC/C=C\C/C=C\CCCCCCCCCCCCCCCC(=O)NC(CO)C(O)/C=C/CCCCCCCCCCCCCCCCCC. The molecule has 0 saturated carbocycles. The average molecular weight is 1090 g/mol. The number of allylic oxidation sites excluding steroid dienone is 9. The Hall–Kier alpha value is -2.44. The summed E-state index contributed by atoms with van der Waals surface area (Å²) in [6.07, 6.45) is 88.6. The van der Waals surface area contributed by atoms with Crippen molar-refractivity contribution < 1.29 is 24.5 Å². The van der Waals surface area contributed by atoms with E-state index in [1.54, 1.807) is 6.08 Å². The molecule has 0 aromatic rings. The third kappa shape index (κ3) is 62.8. The molecule has 2 atom stereocenters. The smallest absolute Gasteiger partial charge is 0.305 e. The van der Waals surface area contributed by atoms with Gasteiger partial charge in [-0.2, -0.15) is 0 Å². The highest BCUT2D eigenvalue weighted by Crippen LogP contribution is 2.17. The molecule has 1 amide bonds. The first kappa shape index (κ1) is 75.6. The molecule has 0 aromatic heterocycles. The van der Waals surface area contributed by atoms with Crippen LogP contribution in [-0.2, 0) is 14.3 Å². The second kappa shape index (κ2) is 67.1. The number of hydrogen-bond donors (Lipinski definition) is 3. The van der Waals surface area contributed by atoms with Gasteiger partial charge in [-0.15, -0.1) is 0 Å². The Morgan fingerprint density at radius 2 is 0.654 bits per heavy atom. The Bertz CT molecular complexity index is 1350. The van der Waals surface area contributed by atoms with Crippen LogP contribution in [0.3, 0.4) is 0 Å². The fourth-order valence-electron chi connectivity index (χ4n) is 10.4. The minimum Gasteiger partial charge on any atom is -0.466 e. The van der Waals surface area contributed by atoms with Crippen LogP contribution in [0, 0.1) is 0 Å². The molecule has 2 unspecified atom stereocenters. The number of carbonyl (C=O) groups is 2. The van der Waals surface area contributed by atoms with Gasteiger partial charge >= 0.3 is 5.97 Å². The lowest BCUT2D eigenvalue weighted by molar-refractivity contribution is -0.143. The monoisotopic (exact) mass is 1090 g/mol. The molecule has 0 bridgehead atoms. The molecule has 6 heteroatoms. The fraction of sp³-hybridized carbons (Fsp3) is 0.833. The Labute approximate surface area is 486 Å². The van der Waals surface area contributed by atoms with E-state index in [1.807, 2.05) is 6.08 Å². The van der Waals surface area contributed by atoms with Crippen LogP contribution in [0.25, 0.3) is 0 Å². The molecule has 0 aliphatic heterocycles. The molecule has 0 rings (SSSR count). The molecule has 0 aliphatic carbocycles. The van der Waals surface area contributed by atoms with Crippen molar-refractivity contribution in [2.45, 2.75) is 373 Å². The maximum absolute atomic E-state index is 12.5. The maximum Gasteiger partial charge on any atom is 0.305 e.